The van der Waals surface area contributed by atoms with Gasteiger partial charge >= 0.3 is 0 Å². The zero-order chi connectivity index (χ0) is 17.8. The normalized spacial score (nSPS) is 12.9. The molecule has 3 amide bonds. The first-order valence-corrected chi connectivity index (χ1v) is 7.95. The molecule has 0 aromatic heterocycles. The lowest BCUT2D eigenvalue weighted by atomic mass is 10.1. The molecule has 0 saturated heterocycles. The van der Waals surface area contributed by atoms with Crippen molar-refractivity contribution in [2.75, 3.05) is 20.2 Å². The molecular weight excluding hydrogens is 320 g/mol. The summed E-state index contributed by atoms with van der Waals surface area (Å²) in [5, 5.41) is 2.74. The highest BCUT2D eigenvalue weighted by atomic mass is 16.5. The highest BCUT2D eigenvalue weighted by Gasteiger charge is 2.36. The average molecular weight is 338 g/mol. The van der Waals surface area contributed by atoms with Gasteiger partial charge in [0.1, 0.15) is 12.3 Å². The van der Waals surface area contributed by atoms with Crippen molar-refractivity contribution < 1.29 is 19.1 Å². The van der Waals surface area contributed by atoms with Crippen molar-refractivity contribution in [2.45, 2.75) is 6.42 Å². The van der Waals surface area contributed by atoms with Crippen molar-refractivity contribution >= 4 is 17.7 Å². The molecule has 0 fully saturated rings. The van der Waals surface area contributed by atoms with E-state index in [-0.39, 0.29) is 12.5 Å². The zero-order valence-corrected chi connectivity index (χ0v) is 13.8. The van der Waals surface area contributed by atoms with E-state index in [1.54, 1.807) is 31.4 Å². The number of nitrogens with zero attached hydrogens (tertiary/aromatic N) is 1. The summed E-state index contributed by atoms with van der Waals surface area (Å²) in [5.74, 6) is -0.470. The Bertz CT molecular complexity index is 797. The van der Waals surface area contributed by atoms with E-state index in [0.717, 1.165) is 16.2 Å². The number of hydrogen-bond donors (Lipinski definition) is 1. The van der Waals surface area contributed by atoms with E-state index in [9.17, 15) is 14.4 Å². The van der Waals surface area contributed by atoms with Crippen LogP contribution in [0.3, 0.4) is 0 Å². The number of imide groups is 1. The maximum Gasteiger partial charge on any atom is 0.262 e. The molecule has 0 saturated carbocycles. The van der Waals surface area contributed by atoms with E-state index >= 15 is 0 Å². The lowest BCUT2D eigenvalue weighted by molar-refractivity contribution is -0.121. The number of rotatable bonds is 6. The summed E-state index contributed by atoms with van der Waals surface area (Å²) in [4.78, 5) is 37.5. The molecule has 3 rings (SSSR count). The van der Waals surface area contributed by atoms with Crippen LogP contribution in [0.2, 0.25) is 0 Å². The molecule has 6 heteroatoms. The third-order valence-corrected chi connectivity index (χ3v) is 4.09. The smallest absolute Gasteiger partial charge is 0.262 e. The minimum atomic E-state index is -0.430. The maximum absolute atomic E-state index is 12.2. The van der Waals surface area contributed by atoms with Gasteiger partial charge in [-0.2, -0.15) is 0 Å². The second-order valence-electron chi connectivity index (χ2n) is 5.65. The molecule has 0 aliphatic carbocycles. The number of ether oxygens (including phenoxy) is 1. The summed E-state index contributed by atoms with van der Waals surface area (Å²) in [6.07, 6.45) is 0.595. The van der Waals surface area contributed by atoms with Crippen molar-refractivity contribution in [2.24, 2.45) is 0 Å². The van der Waals surface area contributed by atoms with Crippen LogP contribution in [0.1, 0.15) is 26.3 Å². The third-order valence-electron chi connectivity index (χ3n) is 4.09. The van der Waals surface area contributed by atoms with Gasteiger partial charge in [-0.1, -0.05) is 30.3 Å². The van der Waals surface area contributed by atoms with E-state index < -0.39 is 11.8 Å². The molecule has 0 radical (unpaired) electrons. The van der Waals surface area contributed by atoms with Crippen molar-refractivity contribution in [3.8, 4) is 5.75 Å². The zero-order valence-electron chi connectivity index (χ0n) is 13.8. The Morgan fingerprint density at radius 1 is 1.00 bits per heavy atom. The van der Waals surface area contributed by atoms with Crippen LogP contribution in [-0.2, 0) is 11.2 Å². The first kappa shape index (κ1) is 16.7. The van der Waals surface area contributed by atoms with Gasteiger partial charge in [0, 0.05) is 6.54 Å². The molecule has 2 aromatic carbocycles. The summed E-state index contributed by atoms with van der Waals surface area (Å²) in [6.45, 7) is 0.112. The molecule has 0 atom stereocenters. The summed E-state index contributed by atoms with van der Waals surface area (Å²) in [6, 6.07) is 14.1. The Hall–Kier alpha value is -3.15. The number of fused-ring (bicyclic) bond motifs is 1. The van der Waals surface area contributed by atoms with Crippen LogP contribution in [0, 0.1) is 0 Å². The monoisotopic (exact) mass is 338 g/mol. The molecule has 25 heavy (non-hydrogen) atoms. The number of nitrogens with one attached hydrogen (secondary N) is 1. The largest absolute Gasteiger partial charge is 0.496 e. The van der Waals surface area contributed by atoms with Crippen LogP contribution in [0.25, 0.3) is 0 Å². The Labute approximate surface area is 145 Å². The Balaban J connectivity index is 1.55. The fourth-order valence-electron chi connectivity index (χ4n) is 2.83. The van der Waals surface area contributed by atoms with Crippen molar-refractivity contribution in [3.63, 3.8) is 0 Å². The van der Waals surface area contributed by atoms with Crippen LogP contribution in [0.15, 0.2) is 48.5 Å². The predicted molar refractivity (Wildman–Crippen MR) is 91.5 cm³/mol. The highest BCUT2D eigenvalue weighted by molar-refractivity contribution is 6.22. The standard InChI is InChI=1S/C19H18N2O4/c1-25-16-9-5-2-6-13(16)10-11-20-17(22)12-21-18(23)14-7-3-4-8-15(14)19(21)24/h2-9H,10-12H2,1H3,(H,20,22). The average Bonchev–Trinajstić information content (AvgIpc) is 2.87. The molecule has 1 aliphatic rings. The Morgan fingerprint density at radius 2 is 1.60 bits per heavy atom. The Morgan fingerprint density at radius 3 is 2.24 bits per heavy atom. The molecule has 128 valence electrons. The van der Waals surface area contributed by atoms with E-state index in [1.807, 2.05) is 24.3 Å². The molecule has 6 nitrogen and oxygen atoms in total. The molecule has 1 aliphatic heterocycles. The van der Waals surface area contributed by atoms with Gasteiger partial charge in [0.2, 0.25) is 5.91 Å². The second kappa shape index (κ2) is 7.17. The summed E-state index contributed by atoms with van der Waals surface area (Å²) in [7, 11) is 1.60. The number of carbonyl (C=O) groups is 3. The molecule has 2 aromatic rings. The minimum Gasteiger partial charge on any atom is -0.496 e. The summed E-state index contributed by atoms with van der Waals surface area (Å²) >= 11 is 0. The topological polar surface area (TPSA) is 75.7 Å². The van der Waals surface area contributed by atoms with Crippen molar-refractivity contribution in [1.82, 2.24) is 10.2 Å². The van der Waals surface area contributed by atoms with Crippen LogP contribution in [0.4, 0.5) is 0 Å². The second-order valence-corrected chi connectivity index (χ2v) is 5.65. The first-order chi connectivity index (χ1) is 12.1. The van der Waals surface area contributed by atoms with E-state index in [1.165, 1.54) is 0 Å². The van der Waals surface area contributed by atoms with Gasteiger partial charge < -0.3 is 10.1 Å². The lowest BCUT2D eigenvalue weighted by Crippen LogP contribution is -2.40. The molecule has 1 N–H and O–H groups in total. The summed E-state index contributed by atoms with van der Waals surface area (Å²) in [5.41, 5.74) is 1.66. The quantitative estimate of drug-likeness (QED) is 0.813. The van der Waals surface area contributed by atoms with Crippen LogP contribution < -0.4 is 10.1 Å². The van der Waals surface area contributed by atoms with E-state index in [0.29, 0.717) is 24.1 Å². The highest BCUT2D eigenvalue weighted by Crippen LogP contribution is 2.22. The Kier molecular flexibility index (Phi) is 4.79. The van der Waals surface area contributed by atoms with E-state index in [2.05, 4.69) is 5.32 Å². The molecule has 0 unspecified atom stereocenters. The van der Waals surface area contributed by atoms with Crippen molar-refractivity contribution in [3.05, 3.63) is 65.2 Å². The van der Waals surface area contributed by atoms with Gasteiger partial charge in [-0.05, 0) is 30.2 Å². The molecule has 0 spiro atoms. The number of para-hydroxylation sites is 1. The number of methoxy groups -OCH3 is 1. The number of carbonyl (C=O) groups excluding carboxylic acids is 3. The number of benzene rings is 2. The molecule has 0 bridgehead atoms. The predicted octanol–water partition coefficient (Wildman–Crippen LogP) is 1.65. The first-order valence-electron chi connectivity index (χ1n) is 7.95. The molecule has 1 heterocycles. The van der Waals surface area contributed by atoms with Crippen LogP contribution >= 0.6 is 0 Å². The van der Waals surface area contributed by atoms with Gasteiger partial charge in [-0.15, -0.1) is 0 Å². The third kappa shape index (κ3) is 3.38. The van der Waals surface area contributed by atoms with Gasteiger partial charge in [-0.25, -0.2) is 0 Å². The van der Waals surface area contributed by atoms with Crippen LogP contribution in [-0.4, -0.2) is 42.8 Å². The minimum absolute atomic E-state index is 0.279. The number of hydrogen-bond acceptors (Lipinski definition) is 4. The fraction of sp³-hybridized carbons (Fsp3) is 0.211. The maximum atomic E-state index is 12.2. The fourth-order valence-corrected chi connectivity index (χ4v) is 2.83. The summed E-state index contributed by atoms with van der Waals surface area (Å²) < 4.78 is 5.26. The van der Waals surface area contributed by atoms with Crippen LogP contribution in [0.5, 0.6) is 5.75 Å². The van der Waals surface area contributed by atoms with E-state index in [4.69, 9.17) is 4.74 Å². The number of amides is 3. The van der Waals surface area contributed by atoms with Crippen molar-refractivity contribution in [1.29, 1.82) is 0 Å². The lowest BCUT2D eigenvalue weighted by Gasteiger charge is -2.14. The van der Waals surface area contributed by atoms with Gasteiger partial charge in [-0.3, -0.25) is 19.3 Å². The van der Waals surface area contributed by atoms with Gasteiger partial charge in [0.25, 0.3) is 11.8 Å². The van der Waals surface area contributed by atoms with Gasteiger partial charge in [0.15, 0.2) is 0 Å². The molecular formula is C19H18N2O4. The SMILES string of the molecule is COc1ccccc1CCNC(=O)CN1C(=O)c2ccccc2C1=O. The van der Waals surface area contributed by atoms with Gasteiger partial charge in [0.05, 0.1) is 18.2 Å².